The number of benzene rings is 1. The van der Waals surface area contributed by atoms with Gasteiger partial charge in [0.15, 0.2) is 5.82 Å². The Labute approximate surface area is 177 Å². The van der Waals surface area contributed by atoms with Crippen LogP contribution in [0.25, 0.3) is 0 Å². The second-order valence-electron chi connectivity index (χ2n) is 7.42. The Balaban J connectivity index is 1.60. The summed E-state index contributed by atoms with van der Waals surface area (Å²) in [5.74, 6) is -0.633. The van der Waals surface area contributed by atoms with Gasteiger partial charge in [-0.2, -0.15) is 0 Å². The molecule has 4 rings (SSSR count). The summed E-state index contributed by atoms with van der Waals surface area (Å²) in [6.07, 6.45) is 0. The van der Waals surface area contributed by atoms with Gasteiger partial charge in [-0.05, 0) is 24.4 Å². The Morgan fingerprint density at radius 1 is 1.20 bits per heavy atom. The maximum absolute atomic E-state index is 14.7. The van der Waals surface area contributed by atoms with Gasteiger partial charge in [-0.1, -0.05) is 6.07 Å². The fourth-order valence-corrected chi connectivity index (χ4v) is 4.69. The van der Waals surface area contributed by atoms with E-state index in [2.05, 4.69) is 0 Å². The highest BCUT2D eigenvalue weighted by Gasteiger charge is 2.32. The zero-order chi connectivity index (χ0) is 21.3. The third-order valence-electron chi connectivity index (χ3n) is 5.55. The molecule has 3 heterocycles. The van der Waals surface area contributed by atoms with Crippen LogP contribution in [0, 0.1) is 15.9 Å². The number of nitrogens with zero attached hydrogens (tertiary/aromatic N) is 4. The van der Waals surface area contributed by atoms with Gasteiger partial charge in [0.1, 0.15) is 5.69 Å². The molecule has 2 aromatic rings. The first-order chi connectivity index (χ1) is 14.5. The number of piperazine rings is 1. The van der Waals surface area contributed by atoms with Gasteiger partial charge in [0.05, 0.1) is 34.8 Å². The van der Waals surface area contributed by atoms with Crippen LogP contribution >= 0.6 is 11.3 Å². The zero-order valence-electron chi connectivity index (χ0n) is 16.6. The molecule has 1 aromatic heterocycles. The smallest absolute Gasteiger partial charge is 0.295 e. The molecule has 2 fully saturated rings. The first-order valence-corrected chi connectivity index (χ1v) is 10.7. The molecule has 1 amide bonds. The van der Waals surface area contributed by atoms with Crippen molar-refractivity contribution in [3.05, 3.63) is 50.5 Å². The number of rotatable bonds is 4. The van der Waals surface area contributed by atoms with Crippen molar-refractivity contribution >= 4 is 34.3 Å². The van der Waals surface area contributed by atoms with Crippen LogP contribution in [0.2, 0.25) is 0 Å². The number of hydrogen-bond acceptors (Lipinski definition) is 7. The molecule has 0 spiro atoms. The van der Waals surface area contributed by atoms with E-state index < -0.39 is 10.7 Å². The summed E-state index contributed by atoms with van der Waals surface area (Å²) in [6, 6.07) is 6.08. The molecule has 0 aliphatic carbocycles. The van der Waals surface area contributed by atoms with Crippen LogP contribution in [-0.2, 0) is 4.74 Å². The third-order valence-corrected chi connectivity index (χ3v) is 6.41. The van der Waals surface area contributed by atoms with E-state index in [0.29, 0.717) is 62.2 Å². The van der Waals surface area contributed by atoms with Crippen molar-refractivity contribution < 1.29 is 18.8 Å². The molecule has 0 radical (unpaired) electrons. The number of carbonyl (C=O) groups is 1. The predicted molar refractivity (Wildman–Crippen MR) is 113 cm³/mol. The Morgan fingerprint density at radius 3 is 2.60 bits per heavy atom. The van der Waals surface area contributed by atoms with E-state index in [1.54, 1.807) is 17.0 Å². The summed E-state index contributed by atoms with van der Waals surface area (Å²) < 4.78 is 20.0. The number of carbonyl (C=O) groups excluding carboxylic acids is 1. The average Bonchev–Trinajstić information content (AvgIpc) is 3.28. The molecule has 30 heavy (non-hydrogen) atoms. The number of ether oxygens (including phenoxy) is 1. The molecule has 2 aliphatic rings. The SMILES string of the molecule is C[C@@H]1CN(c2cc(N3CCOCC3)c(F)cc2[N+](=O)[O-])CCN1C(=O)c1cccs1. The van der Waals surface area contributed by atoms with E-state index in [1.165, 1.54) is 11.3 Å². The molecule has 2 aliphatic heterocycles. The highest BCUT2D eigenvalue weighted by molar-refractivity contribution is 7.12. The molecule has 0 saturated carbocycles. The molecule has 10 heteroatoms. The van der Waals surface area contributed by atoms with Crippen molar-refractivity contribution in [3.63, 3.8) is 0 Å². The van der Waals surface area contributed by atoms with E-state index in [-0.39, 0.29) is 17.6 Å². The fourth-order valence-electron chi connectivity index (χ4n) is 4.01. The van der Waals surface area contributed by atoms with Gasteiger partial charge < -0.3 is 19.4 Å². The lowest BCUT2D eigenvalue weighted by Crippen LogP contribution is -2.54. The summed E-state index contributed by atoms with van der Waals surface area (Å²) in [5, 5.41) is 13.5. The van der Waals surface area contributed by atoms with Gasteiger partial charge >= 0.3 is 0 Å². The van der Waals surface area contributed by atoms with Crippen LogP contribution in [0.5, 0.6) is 0 Å². The van der Waals surface area contributed by atoms with Gasteiger partial charge in [0.25, 0.3) is 11.6 Å². The number of morpholine rings is 1. The van der Waals surface area contributed by atoms with Gasteiger partial charge in [0.2, 0.25) is 0 Å². The Bertz CT molecular complexity index is 933. The summed E-state index contributed by atoms with van der Waals surface area (Å²) >= 11 is 1.40. The monoisotopic (exact) mass is 434 g/mol. The third kappa shape index (κ3) is 3.97. The first-order valence-electron chi connectivity index (χ1n) is 9.85. The number of thiophene rings is 1. The molecule has 0 bridgehead atoms. The van der Waals surface area contributed by atoms with Crippen LogP contribution in [0.15, 0.2) is 29.6 Å². The van der Waals surface area contributed by atoms with Crippen molar-refractivity contribution in [1.29, 1.82) is 0 Å². The second-order valence-corrected chi connectivity index (χ2v) is 8.37. The van der Waals surface area contributed by atoms with E-state index in [0.717, 1.165) is 6.07 Å². The van der Waals surface area contributed by atoms with Crippen LogP contribution in [0.1, 0.15) is 16.6 Å². The second kappa shape index (κ2) is 8.57. The highest BCUT2D eigenvalue weighted by atomic mass is 32.1. The topological polar surface area (TPSA) is 79.2 Å². The quantitative estimate of drug-likeness (QED) is 0.544. The zero-order valence-corrected chi connectivity index (χ0v) is 17.4. The van der Waals surface area contributed by atoms with Crippen molar-refractivity contribution in [3.8, 4) is 0 Å². The Kier molecular flexibility index (Phi) is 5.87. The predicted octanol–water partition coefficient (Wildman–Crippen LogP) is 2.98. The van der Waals surface area contributed by atoms with Crippen LogP contribution in [0.4, 0.5) is 21.5 Å². The molecule has 0 N–H and O–H groups in total. The molecule has 2 saturated heterocycles. The first kappa shape index (κ1) is 20.5. The minimum atomic E-state index is -0.605. The average molecular weight is 434 g/mol. The molecular weight excluding hydrogens is 411 g/mol. The number of nitro benzene ring substituents is 1. The number of anilines is 2. The number of halogens is 1. The summed E-state index contributed by atoms with van der Waals surface area (Å²) in [4.78, 5) is 30.0. The Hall–Kier alpha value is -2.72. The number of nitro groups is 1. The van der Waals surface area contributed by atoms with E-state index in [1.807, 2.05) is 28.2 Å². The van der Waals surface area contributed by atoms with Gasteiger partial charge in [-0.3, -0.25) is 14.9 Å². The molecule has 1 atom stereocenters. The lowest BCUT2D eigenvalue weighted by Gasteiger charge is -2.41. The summed E-state index contributed by atoms with van der Waals surface area (Å²) in [6.45, 7) is 5.30. The minimum Gasteiger partial charge on any atom is -0.378 e. The van der Waals surface area contributed by atoms with Gasteiger partial charge in [-0.15, -0.1) is 11.3 Å². The largest absolute Gasteiger partial charge is 0.378 e. The molecule has 8 nitrogen and oxygen atoms in total. The maximum atomic E-state index is 14.7. The number of amides is 1. The van der Waals surface area contributed by atoms with Crippen molar-refractivity contribution in [2.24, 2.45) is 0 Å². The van der Waals surface area contributed by atoms with Gasteiger partial charge in [-0.25, -0.2) is 4.39 Å². The van der Waals surface area contributed by atoms with Crippen molar-refractivity contribution in [1.82, 2.24) is 4.90 Å². The normalized spacial score (nSPS) is 19.8. The number of hydrogen-bond donors (Lipinski definition) is 0. The molecule has 160 valence electrons. The van der Waals surface area contributed by atoms with Crippen LogP contribution < -0.4 is 9.80 Å². The van der Waals surface area contributed by atoms with E-state index >= 15 is 0 Å². The van der Waals surface area contributed by atoms with Crippen LogP contribution in [0.3, 0.4) is 0 Å². The fraction of sp³-hybridized carbons (Fsp3) is 0.450. The van der Waals surface area contributed by atoms with Crippen molar-refractivity contribution in [2.45, 2.75) is 13.0 Å². The standard InChI is InChI=1S/C20H23FN4O4S/c1-14-13-23(4-5-24(14)20(26)19-3-2-10-30-19)17-12-16(22-6-8-29-9-7-22)15(21)11-18(17)25(27)28/h2-3,10-12,14H,4-9,13H2,1H3/t14-/m1/s1. The van der Waals surface area contributed by atoms with Gasteiger partial charge in [0, 0.05) is 38.8 Å². The maximum Gasteiger partial charge on any atom is 0.295 e. The lowest BCUT2D eigenvalue weighted by molar-refractivity contribution is -0.384. The molecule has 0 unspecified atom stereocenters. The van der Waals surface area contributed by atoms with Crippen molar-refractivity contribution in [2.75, 3.05) is 55.7 Å². The molecular formula is C20H23FN4O4S. The lowest BCUT2D eigenvalue weighted by atomic mass is 10.1. The van der Waals surface area contributed by atoms with E-state index in [9.17, 15) is 19.3 Å². The minimum absolute atomic E-state index is 0.0280. The van der Waals surface area contributed by atoms with E-state index in [4.69, 9.17) is 4.74 Å². The Morgan fingerprint density at radius 2 is 1.97 bits per heavy atom. The highest BCUT2D eigenvalue weighted by Crippen LogP contribution is 2.36. The molecule has 1 aromatic carbocycles. The summed E-state index contributed by atoms with van der Waals surface area (Å²) in [7, 11) is 0. The van der Waals surface area contributed by atoms with Crippen LogP contribution in [-0.4, -0.2) is 67.7 Å². The summed E-state index contributed by atoms with van der Waals surface area (Å²) in [5.41, 5.74) is 0.483.